The van der Waals surface area contributed by atoms with Crippen LogP contribution < -0.4 is 5.32 Å². The average molecular weight is 409 g/mol. The molecule has 0 unspecified atom stereocenters. The topological polar surface area (TPSA) is 85.1 Å². The van der Waals surface area contributed by atoms with Crippen LogP contribution in [-0.4, -0.2) is 30.2 Å². The Hall–Kier alpha value is -2.25. The third kappa shape index (κ3) is 6.15. The Bertz CT molecular complexity index is 883. The molecule has 7 nitrogen and oxygen atoms in total. The SMILES string of the molecule is CCCC(=O)NCc1nccnc1Cl.CCCc1ncc2c(Cl)nccn12. The number of fused-ring (bicyclic) bond motifs is 1. The van der Waals surface area contributed by atoms with Crippen LogP contribution in [0.15, 0.2) is 31.0 Å². The minimum Gasteiger partial charge on any atom is -0.350 e. The summed E-state index contributed by atoms with van der Waals surface area (Å²) in [4.78, 5) is 27.3. The van der Waals surface area contributed by atoms with Crippen LogP contribution in [0.3, 0.4) is 0 Å². The number of aromatic nitrogens is 5. The molecule has 144 valence electrons. The van der Waals surface area contributed by atoms with Crippen LogP contribution in [0.5, 0.6) is 0 Å². The summed E-state index contributed by atoms with van der Waals surface area (Å²) in [6, 6.07) is 0. The van der Waals surface area contributed by atoms with Gasteiger partial charge in [-0.2, -0.15) is 0 Å². The molecule has 3 aromatic rings. The number of nitrogens with zero attached hydrogens (tertiary/aromatic N) is 5. The fraction of sp³-hybridized carbons (Fsp3) is 0.389. The van der Waals surface area contributed by atoms with Crippen molar-refractivity contribution in [2.75, 3.05) is 0 Å². The van der Waals surface area contributed by atoms with Gasteiger partial charge >= 0.3 is 0 Å². The smallest absolute Gasteiger partial charge is 0.220 e. The largest absolute Gasteiger partial charge is 0.350 e. The van der Waals surface area contributed by atoms with E-state index >= 15 is 0 Å². The number of carbonyl (C=O) groups is 1. The van der Waals surface area contributed by atoms with Gasteiger partial charge in [-0.25, -0.2) is 15.0 Å². The lowest BCUT2D eigenvalue weighted by Crippen LogP contribution is -2.22. The van der Waals surface area contributed by atoms with Crippen molar-refractivity contribution < 1.29 is 4.79 Å². The Labute approximate surface area is 168 Å². The number of nitrogens with one attached hydrogen (secondary N) is 1. The molecule has 0 radical (unpaired) electrons. The maximum absolute atomic E-state index is 11.1. The lowest BCUT2D eigenvalue weighted by molar-refractivity contribution is -0.121. The first-order valence-electron chi connectivity index (χ1n) is 8.75. The van der Waals surface area contributed by atoms with Crippen molar-refractivity contribution in [3.05, 3.63) is 52.8 Å². The van der Waals surface area contributed by atoms with Gasteiger partial charge in [0.05, 0.1) is 18.4 Å². The Morgan fingerprint density at radius 1 is 1.04 bits per heavy atom. The van der Waals surface area contributed by atoms with Crippen molar-refractivity contribution in [1.29, 1.82) is 0 Å². The van der Waals surface area contributed by atoms with E-state index in [1.807, 2.05) is 17.5 Å². The van der Waals surface area contributed by atoms with Gasteiger partial charge in [0.1, 0.15) is 11.3 Å². The number of halogens is 2. The van der Waals surface area contributed by atoms with Crippen LogP contribution in [0.25, 0.3) is 5.52 Å². The average Bonchev–Trinajstić information content (AvgIpc) is 3.07. The summed E-state index contributed by atoms with van der Waals surface area (Å²) in [6.45, 7) is 4.42. The van der Waals surface area contributed by atoms with Crippen molar-refractivity contribution in [2.24, 2.45) is 0 Å². The number of hydrogen-bond acceptors (Lipinski definition) is 5. The van der Waals surface area contributed by atoms with Crippen LogP contribution in [0.1, 0.15) is 44.6 Å². The fourth-order valence-electron chi connectivity index (χ4n) is 2.32. The first-order valence-corrected chi connectivity index (χ1v) is 9.50. The number of amides is 1. The van der Waals surface area contributed by atoms with Gasteiger partial charge in [-0.15, -0.1) is 0 Å². The molecule has 0 aliphatic heterocycles. The second kappa shape index (κ2) is 10.8. The maximum Gasteiger partial charge on any atom is 0.220 e. The van der Waals surface area contributed by atoms with Crippen LogP contribution in [-0.2, 0) is 17.8 Å². The van der Waals surface area contributed by atoms with E-state index in [4.69, 9.17) is 23.2 Å². The molecule has 0 aliphatic rings. The highest BCUT2D eigenvalue weighted by molar-refractivity contribution is 6.32. The second-order valence-electron chi connectivity index (χ2n) is 5.72. The molecular weight excluding hydrogens is 387 g/mol. The number of hydrogen-bond donors (Lipinski definition) is 1. The fourth-order valence-corrected chi connectivity index (χ4v) is 2.69. The Balaban J connectivity index is 0.000000194. The molecular formula is C18H22Cl2N6O. The lowest BCUT2D eigenvalue weighted by atomic mass is 10.3. The molecule has 0 spiro atoms. The first kappa shape index (κ1) is 21.1. The number of imidazole rings is 1. The van der Waals surface area contributed by atoms with Crippen LogP contribution >= 0.6 is 23.2 Å². The third-order valence-corrected chi connectivity index (χ3v) is 4.22. The number of carbonyl (C=O) groups excluding carboxylic acids is 1. The standard InChI is InChI=1S/C9H12ClN3O.C9H10ClN3/c1-2-3-8(14)13-6-7-9(10)12-5-4-11-7;1-2-3-8-12-6-7-9(10)11-4-5-13(7)8/h4-5H,2-3,6H2,1H3,(H,13,14);4-6H,2-3H2,1H3. The van der Waals surface area contributed by atoms with E-state index in [1.54, 1.807) is 18.6 Å². The predicted molar refractivity (Wildman–Crippen MR) is 106 cm³/mol. The summed E-state index contributed by atoms with van der Waals surface area (Å²) in [5.74, 6) is 1.05. The Morgan fingerprint density at radius 2 is 1.78 bits per heavy atom. The zero-order valence-corrected chi connectivity index (χ0v) is 16.8. The second-order valence-corrected chi connectivity index (χ2v) is 6.43. The molecule has 0 saturated carbocycles. The van der Waals surface area contributed by atoms with Gasteiger partial charge in [-0.3, -0.25) is 14.2 Å². The normalized spacial score (nSPS) is 10.4. The van der Waals surface area contributed by atoms with E-state index < -0.39 is 0 Å². The monoisotopic (exact) mass is 408 g/mol. The minimum atomic E-state index is 0.00854. The van der Waals surface area contributed by atoms with E-state index in [-0.39, 0.29) is 5.91 Å². The molecule has 0 aromatic carbocycles. The van der Waals surface area contributed by atoms with E-state index in [2.05, 4.69) is 32.2 Å². The zero-order chi connectivity index (χ0) is 19.6. The predicted octanol–water partition coefficient (Wildman–Crippen LogP) is 3.88. The van der Waals surface area contributed by atoms with Gasteiger partial charge < -0.3 is 5.32 Å². The van der Waals surface area contributed by atoms with Gasteiger partial charge in [-0.1, -0.05) is 37.0 Å². The first-order chi connectivity index (χ1) is 13.1. The van der Waals surface area contributed by atoms with Gasteiger partial charge in [0, 0.05) is 37.6 Å². The van der Waals surface area contributed by atoms with Crippen LogP contribution in [0.2, 0.25) is 10.3 Å². The van der Waals surface area contributed by atoms with E-state index in [9.17, 15) is 4.79 Å². The molecule has 27 heavy (non-hydrogen) atoms. The molecule has 3 heterocycles. The van der Waals surface area contributed by atoms with Crippen molar-refractivity contribution in [1.82, 2.24) is 29.7 Å². The highest BCUT2D eigenvalue weighted by Crippen LogP contribution is 2.15. The summed E-state index contributed by atoms with van der Waals surface area (Å²) in [5, 5.41) is 3.56. The van der Waals surface area contributed by atoms with Crippen molar-refractivity contribution in [3.8, 4) is 0 Å². The molecule has 0 aliphatic carbocycles. The van der Waals surface area contributed by atoms with Gasteiger partial charge in [0.15, 0.2) is 10.3 Å². The van der Waals surface area contributed by atoms with Crippen molar-refractivity contribution >= 4 is 34.6 Å². The quantitative estimate of drug-likeness (QED) is 0.668. The summed E-state index contributed by atoms with van der Waals surface area (Å²) >= 11 is 11.7. The maximum atomic E-state index is 11.1. The van der Waals surface area contributed by atoms with E-state index in [0.29, 0.717) is 29.0 Å². The summed E-state index contributed by atoms with van der Waals surface area (Å²) in [7, 11) is 0. The van der Waals surface area contributed by atoms with Crippen molar-refractivity contribution in [2.45, 2.75) is 46.1 Å². The van der Waals surface area contributed by atoms with Crippen molar-refractivity contribution in [3.63, 3.8) is 0 Å². The summed E-state index contributed by atoms with van der Waals surface area (Å²) in [6.07, 6.45) is 11.8. The molecule has 3 aromatic heterocycles. The summed E-state index contributed by atoms with van der Waals surface area (Å²) in [5.41, 5.74) is 1.48. The molecule has 1 amide bonds. The molecule has 3 rings (SSSR count). The van der Waals surface area contributed by atoms with Gasteiger partial charge in [-0.05, 0) is 12.8 Å². The Kier molecular flexibility index (Phi) is 8.42. The van der Waals surface area contributed by atoms with Gasteiger partial charge in [0.25, 0.3) is 0 Å². The third-order valence-electron chi connectivity index (χ3n) is 3.62. The van der Waals surface area contributed by atoms with Crippen LogP contribution in [0, 0.1) is 0 Å². The van der Waals surface area contributed by atoms with E-state index in [0.717, 1.165) is 30.6 Å². The molecule has 0 atom stereocenters. The van der Waals surface area contributed by atoms with E-state index in [1.165, 1.54) is 6.20 Å². The minimum absolute atomic E-state index is 0.00854. The summed E-state index contributed by atoms with van der Waals surface area (Å²) < 4.78 is 1.98. The molecule has 0 saturated heterocycles. The van der Waals surface area contributed by atoms with Crippen LogP contribution in [0.4, 0.5) is 0 Å². The highest BCUT2D eigenvalue weighted by Gasteiger charge is 2.05. The van der Waals surface area contributed by atoms with Gasteiger partial charge in [0.2, 0.25) is 5.91 Å². The molecule has 1 N–H and O–H groups in total. The highest BCUT2D eigenvalue weighted by atomic mass is 35.5. The lowest BCUT2D eigenvalue weighted by Gasteiger charge is -2.03. The zero-order valence-electron chi connectivity index (χ0n) is 15.3. The number of rotatable bonds is 6. The molecule has 0 fully saturated rings. The number of aryl methyl sites for hydroxylation is 1. The molecule has 9 heteroatoms. The molecule has 0 bridgehead atoms. The Morgan fingerprint density at radius 3 is 2.48 bits per heavy atom.